The number of rotatable bonds is 5. The smallest absolute Gasteiger partial charge is 0.0547 e. The van der Waals surface area contributed by atoms with E-state index in [2.05, 4.69) is 54.0 Å². The monoisotopic (exact) mass is 269 g/mol. The van der Waals surface area contributed by atoms with E-state index in [1.807, 2.05) is 25.3 Å². The molecule has 20 heavy (non-hydrogen) atoms. The van der Waals surface area contributed by atoms with Gasteiger partial charge in [-0.15, -0.1) is 0 Å². The third-order valence-corrected chi connectivity index (χ3v) is 3.59. The first-order valence-corrected chi connectivity index (χ1v) is 7.09. The first-order valence-electron chi connectivity index (χ1n) is 7.09. The van der Waals surface area contributed by atoms with Crippen LogP contribution >= 0.6 is 0 Å². The Morgan fingerprint density at radius 1 is 1.15 bits per heavy atom. The molecule has 3 nitrogen and oxygen atoms in total. The summed E-state index contributed by atoms with van der Waals surface area (Å²) in [5.74, 6) is 0. The Morgan fingerprint density at radius 2 is 1.95 bits per heavy atom. The van der Waals surface area contributed by atoms with Gasteiger partial charge < -0.3 is 0 Å². The molecule has 0 aliphatic heterocycles. The van der Waals surface area contributed by atoms with Crippen LogP contribution in [0.1, 0.15) is 29.6 Å². The van der Waals surface area contributed by atoms with E-state index in [4.69, 9.17) is 0 Å². The molecule has 2 aromatic rings. The molecule has 0 saturated heterocycles. The summed E-state index contributed by atoms with van der Waals surface area (Å²) in [5.41, 5.74) is 4.62. The molecule has 0 N–H and O–H groups in total. The molecule has 0 aliphatic rings. The van der Waals surface area contributed by atoms with Crippen LogP contribution in [-0.2, 0) is 13.0 Å². The second-order valence-corrected chi connectivity index (χ2v) is 5.56. The van der Waals surface area contributed by atoms with E-state index in [9.17, 15) is 0 Å². The maximum atomic E-state index is 4.56. The second-order valence-electron chi connectivity index (χ2n) is 5.56. The van der Waals surface area contributed by atoms with Crippen LogP contribution < -0.4 is 0 Å². The van der Waals surface area contributed by atoms with Crippen molar-refractivity contribution in [3.63, 3.8) is 0 Å². The van der Waals surface area contributed by atoms with E-state index in [1.54, 1.807) is 0 Å². The zero-order chi connectivity index (χ0) is 14.5. The highest BCUT2D eigenvalue weighted by Crippen LogP contribution is 2.10. The number of aromatic nitrogens is 2. The van der Waals surface area contributed by atoms with Gasteiger partial charge in [-0.25, -0.2) is 0 Å². The van der Waals surface area contributed by atoms with Crippen molar-refractivity contribution in [3.8, 4) is 0 Å². The molecule has 0 radical (unpaired) electrons. The number of hydrogen-bond donors (Lipinski definition) is 0. The molecule has 2 rings (SSSR count). The number of likely N-dealkylation sites (N-methyl/N-ethyl adjacent to an activating group) is 1. The Hall–Kier alpha value is -1.74. The van der Waals surface area contributed by atoms with Crippen LogP contribution in [-0.4, -0.2) is 28.0 Å². The van der Waals surface area contributed by atoms with Crippen LogP contribution in [0.2, 0.25) is 0 Å². The molecule has 0 spiro atoms. The van der Waals surface area contributed by atoms with Gasteiger partial charge in [-0.2, -0.15) is 0 Å². The van der Waals surface area contributed by atoms with E-state index in [0.717, 1.165) is 30.0 Å². The van der Waals surface area contributed by atoms with Gasteiger partial charge in [0.2, 0.25) is 0 Å². The number of hydrogen-bond acceptors (Lipinski definition) is 3. The minimum Gasteiger partial charge on any atom is -0.297 e. The van der Waals surface area contributed by atoms with Crippen LogP contribution in [0, 0.1) is 13.8 Å². The zero-order valence-electron chi connectivity index (χ0n) is 12.8. The molecule has 0 unspecified atom stereocenters. The fraction of sp³-hybridized carbons (Fsp3) is 0.412. The van der Waals surface area contributed by atoms with E-state index in [1.165, 1.54) is 5.56 Å². The third kappa shape index (κ3) is 4.14. The molecular weight excluding hydrogens is 246 g/mol. The lowest BCUT2D eigenvalue weighted by Crippen LogP contribution is -2.31. The summed E-state index contributed by atoms with van der Waals surface area (Å²) >= 11 is 0. The van der Waals surface area contributed by atoms with Crippen LogP contribution in [0.15, 0.2) is 36.5 Å². The fourth-order valence-electron chi connectivity index (χ4n) is 2.27. The van der Waals surface area contributed by atoms with Gasteiger partial charge in [0.15, 0.2) is 0 Å². The van der Waals surface area contributed by atoms with E-state index >= 15 is 0 Å². The quantitative estimate of drug-likeness (QED) is 0.835. The zero-order valence-corrected chi connectivity index (χ0v) is 12.8. The average Bonchev–Trinajstić information content (AvgIpc) is 2.38. The lowest BCUT2D eigenvalue weighted by molar-refractivity contribution is 0.244. The molecule has 0 bridgehead atoms. The Bertz CT molecular complexity index is 514. The molecule has 1 atom stereocenters. The summed E-state index contributed by atoms with van der Waals surface area (Å²) in [4.78, 5) is 11.3. The van der Waals surface area contributed by atoms with Crippen molar-refractivity contribution in [2.45, 2.75) is 39.8 Å². The molecule has 2 aromatic heterocycles. The molecule has 0 fully saturated rings. The van der Waals surface area contributed by atoms with Gasteiger partial charge in [-0.1, -0.05) is 6.07 Å². The van der Waals surface area contributed by atoms with Crippen LogP contribution in [0.25, 0.3) is 0 Å². The van der Waals surface area contributed by atoms with Gasteiger partial charge in [0.25, 0.3) is 0 Å². The van der Waals surface area contributed by atoms with Crippen molar-refractivity contribution in [1.29, 1.82) is 0 Å². The lowest BCUT2D eigenvalue weighted by atomic mass is 10.1. The van der Waals surface area contributed by atoms with Crippen LogP contribution in [0.4, 0.5) is 0 Å². The minimum absolute atomic E-state index is 0.437. The third-order valence-electron chi connectivity index (χ3n) is 3.59. The van der Waals surface area contributed by atoms with Crippen molar-refractivity contribution in [2.75, 3.05) is 7.05 Å². The predicted octanol–water partition coefficient (Wildman–Crippen LogP) is 3.16. The van der Waals surface area contributed by atoms with Gasteiger partial charge in [0, 0.05) is 36.6 Å². The van der Waals surface area contributed by atoms with Crippen molar-refractivity contribution in [3.05, 3.63) is 59.2 Å². The Balaban J connectivity index is 1.96. The molecule has 2 heterocycles. The lowest BCUT2D eigenvalue weighted by Gasteiger charge is -2.24. The molecule has 3 heteroatoms. The van der Waals surface area contributed by atoms with Gasteiger partial charge in [-0.3, -0.25) is 14.9 Å². The molecule has 0 amide bonds. The van der Waals surface area contributed by atoms with Crippen LogP contribution in [0.5, 0.6) is 0 Å². The summed E-state index contributed by atoms with van der Waals surface area (Å²) in [7, 11) is 2.14. The van der Waals surface area contributed by atoms with Crippen molar-refractivity contribution in [2.24, 2.45) is 0 Å². The SMILES string of the molecule is Cc1ccnc(C[C@H](C)N(C)Cc2cccc(C)n2)c1. The summed E-state index contributed by atoms with van der Waals surface area (Å²) in [6.07, 6.45) is 2.85. The first-order chi connectivity index (χ1) is 9.54. The molecular formula is C17H23N3. The van der Waals surface area contributed by atoms with E-state index < -0.39 is 0 Å². The van der Waals surface area contributed by atoms with E-state index in [-0.39, 0.29) is 0 Å². The van der Waals surface area contributed by atoms with Crippen molar-refractivity contribution >= 4 is 0 Å². The minimum atomic E-state index is 0.437. The van der Waals surface area contributed by atoms with Gasteiger partial charge in [0.05, 0.1) is 5.69 Å². The molecule has 0 saturated carbocycles. The number of nitrogens with zero attached hydrogens (tertiary/aromatic N) is 3. The van der Waals surface area contributed by atoms with Gasteiger partial charge in [0.1, 0.15) is 0 Å². The molecule has 0 aliphatic carbocycles. The number of pyridine rings is 2. The summed E-state index contributed by atoms with van der Waals surface area (Å²) in [6.45, 7) is 7.24. The second kappa shape index (κ2) is 6.62. The highest BCUT2D eigenvalue weighted by molar-refractivity contribution is 5.15. The molecule has 0 aromatic carbocycles. The Morgan fingerprint density at radius 3 is 2.65 bits per heavy atom. The van der Waals surface area contributed by atoms with E-state index in [0.29, 0.717) is 6.04 Å². The Labute approximate surface area is 121 Å². The highest BCUT2D eigenvalue weighted by atomic mass is 15.1. The standard InChI is InChI=1S/C17H23N3/c1-13-8-9-18-17(10-13)11-15(3)20(4)12-16-7-5-6-14(2)19-16/h5-10,15H,11-12H2,1-4H3/t15-/m0/s1. The molecule has 106 valence electrons. The maximum absolute atomic E-state index is 4.56. The van der Waals surface area contributed by atoms with Crippen molar-refractivity contribution in [1.82, 2.24) is 14.9 Å². The Kier molecular flexibility index (Phi) is 4.85. The maximum Gasteiger partial charge on any atom is 0.0547 e. The summed E-state index contributed by atoms with van der Waals surface area (Å²) in [5, 5.41) is 0. The largest absolute Gasteiger partial charge is 0.297 e. The summed E-state index contributed by atoms with van der Waals surface area (Å²) in [6, 6.07) is 10.8. The topological polar surface area (TPSA) is 29.0 Å². The first kappa shape index (κ1) is 14.7. The highest BCUT2D eigenvalue weighted by Gasteiger charge is 2.12. The predicted molar refractivity (Wildman–Crippen MR) is 82.6 cm³/mol. The van der Waals surface area contributed by atoms with Crippen LogP contribution in [0.3, 0.4) is 0 Å². The van der Waals surface area contributed by atoms with Gasteiger partial charge in [-0.05, 0) is 57.6 Å². The summed E-state index contributed by atoms with van der Waals surface area (Å²) < 4.78 is 0. The normalized spacial score (nSPS) is 12.7. The average molecular weight is 269 g/mol. The fourth-order valence-corrected chi connectivity index (χ4v) is 2.27. The number of aryl methyl sites for hydroxylation is 2. The van der Waals surface area contributed by atoms with Crippen molar-refractivity contribution < 1.29 is 0 Å². The van der Waals surface area contributed by atoms with Gasteiger partial charge >= 0.3 is 0 Å².